The Labute approximate surface area is 103 Å². The molecule has 0 aliphatic heterocycles. The molecule has 0 radical (unpaired) electrons. The molecule has 1 fully saturated rings. The Morgan fingerprint density at radius 2 is 2.18 bits per heavy atom. The van der Waals surface area contributed by atoms with Crippen molar-refractivity contribution in [1.29, 1.82) is 0 Å². The second-order valence-corrected chi connectivity index (χ2v) is 6.51. The van der Waals surface area contributed by atoms with Gasteiger partial charge in [-0.05, 0) is 25.7 Å². The molecule has 100 valence electrons. The van der Waals surface area contributed by atoms with Gasteiger partial charge in [0.15, 0.2) is 0 Å². The number of nitrogens with one attached hydrogen (secondary N) is 1. The molecule has 0 heterocycles. The molecule has 1 N–H and O–H groups in total. The number of hydrogen-bond acceptors (Lipinski definition) is 4. The smallest absolute Gasteiger partial charge is 0.308 e. The van der Waals surface area contributed by atoms with Crippen LogP contribution in [0.15, 0.2) is 0 Å². The van der Waals surface area contributed by atoms with Gasteiger partial charge in [0.2, 0.25) is 10.0 Å². The molecule has 0 saturated heterocycles. The van der Waals surface area contributed by atoms with Crippen LogP contribution in [0.25, 0.3) is 0 Å². The molecule has 5 nitrogen and oxygen atoms in total. The fraction of sp³-hybridized carbons (Fsp3) is 0.909. The lowest BCUT2D eigenvalue weighted by atomic mass is 10.2. The van der Waals surface area contributed by atoms with Gasteiger partial charge in [0.1, 0.15) is 0 Å². The van der Waals surface area contributed by atoms with Crippen molar-refractivity contribution in [3.8, 4) is 0 Å². The topological polar surface area (TPSA) is 72.5 Å². The first-order valence-corrected chi connectivity index (χ1v) is 7.62. The van der Waals surface area contributed by atoms with E-state index >= 15 is 0 Å². The molecule has 1 unspecified atom stereocenters. The molecule has 1 saturated carbocycles. The molecular formula is C11H21NO4S. The maximum atomic E-state index is 11.8. The van der Waals surface area contributed by atoms with Gasteiger partial charge < -0.3 is 4.74 Å². The standard InChI is InChI=1S/C11H21NO4S/c1-4-5-8(2)12-17(14,15)7-9-6-10(9)11(13)16-3/h8-10,12H,4-7H2,1-3H3/t8?,9-,10-/m0/s1. The zero-order valence-electron chi connectivity index (χ0n) is 10.6. The molecule has 1 aliphatic carbocycles. The van der Waals surface area contributed by atoms with Crippen LogP contribution in [-0.4, -0.2) is 33.3 Å². The highest BCUT2D eigenvalue weighted by Crippen LogP contribution is 2.40. The summed E-state index contributed by atoms with van der Waals surface area (Å²) in [5.74, 6) is -0.570. The van der Waals surface area contributed by atoms with Crippen LogP contribution in [0.5, 0.6) is 0 Å². The number of methoxy groups -OCH3 is 1. The molecule has 0 aromatic heterocycles. The lowest BCUT2D eigenvalue weighted by Crippen LogP contribution is -2.35. The second kappa shape index (κ2) is 5.82. The second-order valence-electron chi connectivity index (χ2n) is 4.71. The third kappa shape index (κ3) is 4.63. The third-order valence-electron chi connectivity index (χ3n) is 2.96. The highest BCUT2D eigenvalue weighted by Gasteiger charge is 2.46. The largest absolute Gasteiger partial charge is 0.469 e. The minimum atomic E-state index is -3.27. The van der Waals surface area contributed by atoms with Crippen molar-refractivity contribution in [2.45, 2.75) is 39.2 Å². The molecule has 0 bridgehead atoms. The normalized spacial score (nSPS) is 25.4. The van der Waals surface area contributed by atoms with Gasteiger partial charge in [0.25, 0.3) is 0 Å². The van der Waals surface area contributed by atoms with Gasteiger partial charge in [0.05, 0.1) is 18.8 Å². The Morgan fingerprint density at radius 1 is 1.53 bits per heavy atom. The number of hydrogen-bond donors (Lipinski definition) is 1. The highest BCUT2D eigenvalue weighted by atomic mass is 32.2. The monoisotopic (exact) mass is 263 g/mol. The summed E-state index contributed by atoms with van der Waals surface area (Å²) in [5.41, 5.74) is 0. The van der Waals surface area contributed by atoms with Crippen LogP contribution in [0, 0.1) is 11.8 Å². The third-order valence-corrected chi connectivity index (χ3v) is 4.59. The average Bonchev–Trinajstić information content (AvgIpc) is 2.94. The van der Waals surface area contributed by atoms with Crippen LogP contribution in [0.3, 0.4) is 0 Å². The van der Waals surface area contributed by atoms with Crippen molar-refractivity contribution >= 4 is 16.0 Å². The lowest BCUT2D eigenvalue weighted by molar-refractivity contribution is -0.142. The van der Waals surface area contributed by atoms with Crippen LogP contribution < -0.4 is 4.72 Å². The van der Waals surface area contributed by atoms with Crippen LogP contribution in [-0.2, 0) is 19.6 Å². The van der Waals surface area contributed by atoms with Gasteiger partial charge in [0, 0.05) is 6.04 Å². The van der Waals surface area contributed by atoms with Crippen LogP contribution in [0.1, 0.15) is 33.1 Å². The molecule has 3 atom stereocenters. The minimum Gasteiger partial charge on any atom is -0.469 e. The Balaban J connectivity index is 2.39. The fourth-order valence-electron chi connectivity index (χ4n) is 2.00. The minimum absolute atomic E-state index is 0.0286. The van der Waals surface area contributed by atoms with E-state index in [0.29, 0.717) is 6.42 Å². The fourth-order valence-corrected chi connectivity index (χ4v) is 3.76. The van der Waals surface area contributed by atoms with E-state index in [-0.39, 0.29) is 29.6 Å². The number of esters is 1. The summed E-state index contributed by atoms with van der Waals surface area (Å²) in [6.07, 6.45) is 2.39. The van der Waals surface area contributed by atoms with Crippen molar-refractivity contribution in [2.24, 2.45) is 11.8 Å². The summed E-state index contributed by atoms with van der Waals surface area (Å²) >= 11 is 0. The summed E-state index contributed by atoms with van der Waals surface area (Å²) in [5, 5.41) is 0. The first-order valence-electron chi connectivity index (χ1n) is 5.97. The van der Waals surface area contributed by atoms with Crippen molar-refractivity contribution < 1.29 is 17.9 Å². The maximum absolute atomic E-state index is 11.8. The summed E-state index contributed by atoms with van der Waals surface area (Å²) in [6.45, 7) is 3.87. The van der Waals surface area contributed by atoms with E-state index in [1.54, 1.807) is 0 Å². The quantitative estimate of drug-likeness (QED) is 0.693. The molecule has 17 heavy (non-hydrogen) atoms. The molecule has 0 amide bonds. The average molecular weight is 263 g/mol. The van der Waals surface area contributed by atoms with E-state index < -0.39 is 10.0 Å². The molecule has 1 rings (SSSR count). The highest BCUT2D eigenvalue weighted by molar-refractivity contribution is 7.89. The van der Waals surface area contributed by atoms with Gasteiger partial charge in [-0.15, -0.1) is 0 Å². The number of ether oxygens (including phenoxy) is 1. The molecule has 0 aromatic carbocycles. The number of rotatable bonds is 7. The summed E-state index contributed by atoms with van der Waals surface area (Å²) in [7, 11) is -1.95. The zero-order chi connectivity index (χ0) is 13.1. The summed E-state index contributed by atoms with van der Waals surface area (Å²) in [4.78, 5) is 11.2. The van der Waals surface area contributed by atoms with Crippen molar-refractivity contribution in [2.75, 3.05) is 12.9 Å². The summed E-state index contributed by atoms with van der Waals surface area (Å²) < 4.78 is 30.7. The van der Waals surface area contributed by atoms with Crippen LogP contribution in [0.4, 0.5) is 0 Å². The van der Waals surface area contributed by atoms with Crippen molar-refractivity contribution in [3.05, 3.63) is 0 Å². The van der Waals surface area contributed by atoms with E-state index in [0.717, 1.165) is 12.8 Å². The number of carbonyl (C=O) groups excluding carboxylic acids is 1. The zero-order valence-corrected chi connectivity index (χ0v) is 11.4. The Kier molecular flexibility index (Phi) is 4.94. The lowest BCUT2D eigenvalue weighted by Gasteiger charge is -2.12. The van der Waals surface area contributed by atoms with E-state index in [1.807, 2.05) is 13.8 Å². The van der Waals surface area contributed by atoms with Gasteiger partial charge in [-0.2, -0.15) is 0 Å². The summed E-state index contributed by atoms with van der Waals surface area (Å²) in [6, 6.07) is -0.0414. The molecule has 1 aliphatic rings. The van der Waals surface area contributed by atoms with E-state index in [2.05, 4.69) is 9.46 Å². The Bertz CT molecular complexity index is 366. The first-order chi connectivity index (χ1) is 7.89. The van der Waals surface area contributed by atoms with E-state index in [1.165, 1.54) is 7.11 Å². The van der Waals surface area contributed by atoms with Crippen LogP contribution in [0.2, 0.25) is 0 Å². The molecular weight excluding hydrogens is 242 g/mol. The van der Waals surface area contributed by atoms with Gasteiger partial charge in [-0.25, -0.2) is 13.1 Å². The van der Waals surface area contributed by atoms with Gasteiger partial charge >= 0.3 is 5.97 Å². The number of sulfonamides is 1. The maximum Gasteiger partial charge on any atom is 0.308 e. The van der Waals surface area contributed by atoms with Gasteiger partial charge in [-0.3, -0.25) is 4.79 Å². The predicted molar refractivity (Wildman–Crippen MR) is 64.9 cm³/mol. The molecule has 6 heteroatoms. The SMILES string of the molecule is CCCC(C)NS(=O)(=O)C[C@@H]1C[C@@H]1C(=O)OC. The number of carbonyl (C=O) groups is 1. The predicted octanol–water partition coefficient (Wildman–Crippen LogP) is 0.903. The Hall–Kier alpha value is -0.620. The first kappa shape index (κ1) is 14.4. The van der Waals surface area contributed by atoms with E-state index in [9.17, 15) is 13.2 Å². The van der Waals surface area contributed by atoms with Crippen LogP contribution >= 0.6 is 0 Å². The Morgan fingerprint density at radius 3 is 2.71 bits per heavy atom. The van der Waals surface area contributed by atoms with Crippen molar-refractivity contribution in [3.63, 3.8) is 0 Å². The molecule has 0 aromatic rings. The van der Waals surface area contributed by atoms with Gasteiger partial charge in [-0.1, -0.05) is 13.3 Å². The van der Waals surface area contributed by atoms with E-state index in [4.69, 9.17) is 0 Å². The molecule has 0 spiro atoms. The van der Waals surface area contributed by atoms with Crippen molar-refractivity contribution in [1.82, 2.24) is 4.72 Å².